The van der Waals surface area contributed by atoms with Gasteiger partial charge in [0, 0.05) is 5.69 Å². The van der Waals surface area contributed by atoms with Crippen molar-refractivity contribution < 1.29 is 4.79 Å². The molecule has 1 amide bonds. The Balaban J connectivity index is 0.00000256. The van der Waals surface area contributed by atoms with Crippen LogP contribution in [0.4, 0.5) is 5.69 Å². The van der Waals surface area contributed by atoms with Gasteiger partial charge in [-0.2, -0.15) is 0 Å². The van der Waals surface area contributed by atoms with Crippen LogP contribution in [0.1, 0.15) is 25.8 Å². The number of amides is 1. The van der Waals surface area contributed by atoms with Gasteiger partial charge >= 0.3 is 0 Å². The van der Waals surface area contributed by atoms with E-state index < -0.39 is 6.04 Å². The minimum Gasteiger partial charge on any atom is -0.325 e. The SMILES string of the molecule is CCC(C)C(N)C(=O)Nc1ccc(C)cc1.Cl. The third-order valence-corrected chi connectivity index (χ3v) is 2.88. The number of carbonyl (C=O) groups is 1. The lowest BCUT2D eigenvalue weighted by atomic mass is 9.99. The monoisotopic (exact) mass is 256 g/mol. The van der Waals surface area contributed by atoms with Crippen LogP contribution in [-0.4, -0.2) is 11.9 Å². The summed E-state index contributed by atoms with van der Waals surface area (Å²) < 4.78 is 0. The lowest BCUT2D eigenvalue weighted by Crippen LogP contribution is -2.40. The van der Waals surface area contributed by atoms with E-state index in [9.17, 15) is 4.79 Å². The van der Waals surface area contributed by atoms with Crippen LogP contribution in [0.25, 0.3) is 0 Å². The normalized spacial score (nSPS) is 13.4. The number of carbonyl (C=O) groups excluding carboxylic acids is 1. The van der Waals surface area contributed by atoms with Crippen LogP contribution >= 0.6 is 12.4 Å². The highest BCUT2D eigenvalue weighted by Crippen LogP contribution is 2.11. The van der Waals surface area contributed by atoms with Gasteiger partial charge in [-0.05, 0) is 25.0 Å². The van der Waals surface area contributed by atoms with Gasteiger partial charge in [0.1, 0.15) is 0 Å². The van der Waals surface area contributed by atoms with E-state index in [-0.39, 0.29) is 24.2 Å². The van der Waals surface area contributed by atoms with Crippen molar-refractivity contribution in [3.05, 3.63) is 29.8 Å². The van der Waals surface area contributed by atoms with Gasteiger partial charge in [0.2, 0.25) is 5.91 Å². The molecule has 0 aliphatic heterocycles. The summed E-state index contributed by atoms with van der Waals surface area (Å²) in [6.07, 6.45) is 0.905. The molecule has 3 N–H and O–H groups in total. The quantitative estimate of drug-likeness (QED) is 0.870. The van der Waals surface area contributed by atoms with Crippen molar-refractivity contribution in [2.45, 2.75) is 33.2 Å². The molecule has 17 heavy (non-hydrogen) atoms. The van der Waals surface area contributed by atoms with Crippen LogP contribution in [0.15, 0.2) is 24.3 Å². The smallest absolute Gasteiger partial charge is 0.241 e. The first-order chi connectivity index (χ1) is 7.54. The summed E-state index contributed by atoms with van der Waals surface area (Å²) in [4.78, 5) is 11.8. The van der Waals surface area contributed by atoms with E-state index in [1.165, 1.54) is 5.56 Å². The number of anilines is 1. The number of halogens is 1. The summed E-state index contributed by atoms with van der Waals surface area (Å²) in [5.41, 5.74) is 7.81. The molecule has 3 nitrogen and oxygen atoms in total. The zero-order valence-electron chi connectivity index (χ0n) is 10.6. The van der Waals surface area contributed by atoms with Crippen molar-refractivity contribution in [2.75, 3.05) is 5.32 Å². The second kappa shape index (κ2) is 7.30. The van der Waals surface area contributed by atoms with Crippen LogP contribution in [-0.2, 0) is 4.79 Å². The molecule has 0 saturated carbocycles. The van der Waals surface area contributed by atoms with E-state index in [1.807, 2.05) is 45.0 Å². The summed E-state index contributed by atoms with van der Waals surface area (Å²) in [5, 5.41) is 2.82. The lowest BCUT2D eigenvalue weighted by molar-refractivity contribution is -0.118. The van der Waals surface area contributed by atoms with Crippen LogP contribution in [0, 0.1) is 12.8 Å². The van der Waals surface area contributed by atoms with Crippen molar-refractivity contribution in [3.63, 3.8) is 0 Å². The predicted octanol–water partition coefficient (Wildman–Crippen LogP) is 2.73. The Morgan fingerprint density at radius 2 is 1.88 bits per heavy atom. The number of aryl methyl sites for hydroxylation is 1. The number of nitrogens with two attached hydrogens (primary N) is 1. The molecule has 0 bridgehead atoms. The van der Waals surface area contributed by atoms with Crippen molar-refractivity contribution in [1.82, 2.24) is 0 Å². The molecule has 0 aromatic heterocycles. The van der Waals surface area contributed by atoms with Gasteiger partial charge in [-0.25, -0.2) is 0 Å². The fraction of sp³-hybridized carbons (Fsp3) is 0.462. The number of benzene rings is 1. The second-order valence-corrected chi connectivity index (χ2v) is 4.27. The molecule has 0 aliphatic rings. The largest absolute Gasteiger partial charge is 0.325 e. The fourth-order valence-corrected chi connectivity index (χ4v) is 1.37. The minimum absolute atomic E-state index is 0. The molecule has 1 aromatic carbocycles. The topological polar surface area (TPSA) is 55.1 Å². The zero-order chi connectivity index (χ0) is 12.1. The first kappa shape index (κ1) is 15.9. The number of hydrogen-bond donors (Lipinski definition) is 2. The highest BCUT2D eigenvalue weighted by atomic mass is 35.5. The molecule has 2 unspecified atom stereocenters. The Morgan fingerprint density at radius 1 is 1.35 bits per heavy atom. The molecule has 0 saturated heterocycles. The highest BCUT2D eigenvalue weighted by molar-refractivity contribution is 5.94. The van der Waals surface area contributed by atoms with Gasteiger partial charge in [0.25, 0.3) is 0 Å². The van der Waals surface area contributed by atoms with E-state index in [4.69, 9.17) is 5.73 Å². The van der Waals surface area contributed by atoms with Crippen molar-refractivity contribution in [3.8, 4) is 0 Å². The summed E-state index contributed by atoms with van der Waals surface area (Å²) in [5.74, 6) is 0.0867. The first-order valence-corrected chi connectivity index (χ1v) is 5.67. The van der Waals surface area contributed by atoms with Gasteiger partial charge in [0.05, 0.1) is 6.04 Å². The minimum atomic E-state index is -0.439. The number of rotatable bonds is 4. The summed E-state index contributed by atoms with van der Waals surface area (Å²) >= 11 is 0. The lowest BCUT2D eigenvalue weighted by Gasteiger charge is -2.17. The molecule has 96 valence electrons. The maximum Gasteiger partial charge on any atom is 0.241 e. The average Bonchev–Trinajstić information content (AvgIpc) is 2.30. The fourth-order valence-electron chi connectivity index (χ4n) is 1.37. The van der Waals surface area contributed by atoms with Gasteiger partial charge in [-0.3, -0.25) is 4.79 Å². The standard InChI is InChI=1S/C13H20N2O.ClH/c1-4-10(3)12(14)13(16)15-11-7-5-9(2)6-8-11;/h5-8,10,12H,4,14H2,1-3H3,(H,15,16);1H. The molecule has 2 atom stereocenters. The van der Waals surface area contributed by atoms with Gasteiger partial charge < -0.3 is 11.1 Å². The molecule has 1 rings (SSSR count). The third kappa shape index (κ3) is 4.75. The maximum absolute atomic E-state index is 11.8. The molecular formula is C13H21ClN2O. The Bertz CT molecular complexity index is 351. The number of nitrogens with one attached hydrogen (secondary N) is 1. The van der Waals surface area contributed by atoms with E-state index in [0.29, 0.717) is 0 Å². The third-order valence-electron chi connectivity index (χ3n) is 2.88. The van der Waals surface area contributed by atoms with Gasteiger partial charge in [-0.15, -0.1) is 12.4 Å². The van der Waals surface area contributed by atoms with Gasteiger partial charge in [0.15, 0.2) is 0 Å². The second-order valence-electron chi connectivity index (χ2n) is 4.27. The van der Waals surface area contributed by atoms with Crippen molar-refractivity contribution in [1.29, 1.82) is 0 Å². The van der Waals surface area contributed by atoms with Crippen molar-refractivity contribution in [2.24, 2.45) is 11.7 Å². The number of hydrogen-bond acceptors (Lipinski definition) is 2. The van der Waals surface area contributed by atoms with Crippen LogP contribution in [0.5, 0.6) is 0 Å². The highest BCUT2D eigenvalue weighted by Gasteiger charge is 2.19. The van der Waals surface area contributed by atoms with Crippen LogP contribution in [0.3, 0.4) is 0 Å². The molecule has 0 radical (unpaired) electrons. The first-order valence-electron chi connectivity index (χ1n) is 5.67. The Labute approximate surface area is 109 Å². The average molecular weight is 257 g/mol. The van der Waals surface area contributed by atoms with E-state index in [0.717, 1.165) is 12.1 Å². The van der Waals surface area contributed by atoms with Crippen molar-refractivity contribution >= 4 is 24.0 Å². The molecular weight excluding hydrogens is 236 g/mol. The van der Waals surface area contributed by atoms with E-state index in [2.05, 4.69) is 5.32 Å². The molecule has 0 fully saturated rings. The van der Waals surface area contributed by atoms with Gasteiger partial charge in [-0.1, -0.05) is 38.0 Å². The Kier molecular flexibility index (Phi) is 6.85. The van der Waals surface area contributed by atoms with E-state index >= 15 is 0 Å². The maximum atomic E-state index is 11.8. The zero-order valence-corrected chi connectivity index (χ0v) is 11.4. The predicted molar refractivity (Wildman–Crippen MR) is 74.5 cm³/mol. The Morgan fingerprint density at radius 3 is 2.35 bits per heavy atom. The molecule has 0 spiro atoms. The Hall–Kier alpha value is -1.06. The summed E-state index contributed by atoms with van der Waals surface area (Å²) in [7, 11) is 0. The van der Waals surface area contributed by atoms with Crippen LogP contribution in [0.2, 0.25) is 0 Å². The summed E-state index contributed by atoms with van der Waals surface area (Å²) in [6, 6.07) is 7.26. The van der Waals surface area contributed by atoms with Crippen LogP contribution < -0.4 is 11.1 Å². The summed E-state index contributed by atoms with van der Waals surface area (Å²) in [6.45, 7) is 6.03. The molecule has 0 heterocycles. The molecule has 4 heteroatoms. The van der Waals surface area contributed by atoms with E-state index in [1.54, 1.807) is 0 Å². The molecule has 1 aromatic rings. The molecule has 0 aliphatic carbocycles.